The number of aliphatic imine (C=N–C) groups is 1. The zero-order valence-corrected chi connectivity index (χ0v) is 6.63. The third-order valence-electron chi connectivity index (χ3n) is 1.01. The van der Waals surface area contributed by atoms with Crippen molar-refractivity contribution in [1.29, 1.82) is 0 Å². The first-order chi connectivity index (χ1) is 4.72. The quantitative estimate of drug-likeness (QED) is 0.404. The van der Waals surface area contributed by atoms with E-state index in [9.17, 15) is 0 Å². The maximum Gasteiger partial charge on any atom is 0.0886 e. The van der Waals surface area contributed by atoms with Gasteiger partial charge in [-0.25, -0.2) is 0 Å². The van der Waals surface area contributed by atoms with Crippen LogP contribution in [0.1, 0.15) is 0 Å². The molecule has 0 aromatic carbocycles. The first-order valence-corrected chi connectivity index (χ1v) is 2.98. The average molecular weight is 136 g/mol. The molecule has 0 N–H and O–H groups in total. The van der Waals surface area contributed by atoms with Crippen LogP contribution in [0.3, 0.4) is 0 Å². The SMILES string of the molecule is C#C/C(=C\C=NC)N(C)C. The van der Waals surface area contributed by atoms with Crippen molar-refractivity contribution in [1.82, 2.24) is 4.90 Å². The first-order valence-electron chi connectivity index (χ1n) is 2.98. The molecule has 0 atom stereocenters. The average Bonchev–Trinajstić information content (AvgIpc) is 1.89. The molecule has 0 unspecified atom stereocenters. The number of rotatable bonds is 2. The van der Waals surface area contributed by atoms with E-state index in [-0.39, 0.29) is 0 Å². The highest BCUT2D eigenvalue weighted by molar-refractivity contribution is 5.73. The largest absolute Gasteiger partial charge is 0.371 e. The molecular formula is C8H12N2. The Kier molecular flexibility index (Phi) is 4.06. The second-order valence-electron chi connectivity index (χ2n) is 2.00. The number of nitrogens with zero attached hydrogens (tertiary/aromatic N) is 2. The van der Waals surface area contributed by atoms with Crippen LogP contribution in [0.25, 0.3) is 0 Å². The van der Waals surface area contributed by atoms with E-state index in [2.05, 4.69) is 10.9 Å². The molecule has 0 aromatic heterocycles. The number of allylic oxidation sites excluding steroid dienone is 2. The van der Waals surface area contributed by atoms with Crippen LogP contribution in [0.2, 0.25) is 0 Å². The van der Waals surface area contributed by atoms with Gasteiger partial charge in [-0.3, -0.25) is 4.99 Å². The summed E-state index contributed by atoms with van der Waals surface area (Å²) in [7, 11) is 5.50. The van der Waals surface area contributed by atoms with Gasteiger partial charge in [0.2, 0.25) is 0 Å². The Morgan fingerprint density at radius 2 is 2.20 bits per heavy atom. The summed E-state index contributed by atoms with van der Waals surface area (Å²) >= 11 is 0. The summed E-state index contributed by atoms with van der Waals surface area (Å²) in [6.07, 6.45) is 8.66. The summed E-state index contributed by atoms with van der Waals surface area (Å²) in [5.74, 6) is 2.53. The first kappa shape index (κ1) is 8.77. The van der Waals surface area contributed by atoms with Gasteiger partial charge in [0, 0.05) is 27.4 Å². The van der Waals surface area contributed by atoms with Gasteiger partial charge in [-0.05, 0) is 6.08 Å². The standard InChI is InChI=1S/C8H12N2/c1-5-8(10(3)4)6-7-9-2/h1,6-7H,2-4H3/b8-6+,9-7?. The minimum Gasteiger partial charge on any atom is -0.371 e. The molecule has 0 radical (unpaired) electrons. The van der Waals surface area contributed by atoms with E-state index in [4.69, 9.17) is 6.42 Å². The Morgan fingerprint density at radius 1 is 1.60 bits per heavy atom. The van der Waals surface area contributed by atoms with E-state index in [0.717, 1.165) is 5.70 Å². The highest BCUT2D eigenvalue weighted by Gasteiger charge is 1.89. The highest BCUT2D eigenvalue weighted by atomic mass is 15.1. The Balaban J connectivity index is 4.23. The number of hydrogen-bond acceptors (Lipinski definition) is 2. The fourth-order valence-corrected chi connectivity index (χ4v) is 0.471. The van der Waals surface area contributed by atoms with Gasteiger partial charge in [0.15, 0.2) is 0 Å². The van der Waals surface area contributed by atoms with E-state index in [1.54, 1.807) is 19.3 Å². The molecule has 2 heteroatoms. The predicted octanol–water partition coefficient (Wildman–Crippen LogP) is 0.766. The summed E-state index contributed by atoms with van der Waals surface area (Å²) in [5, 5.41) is 0. The van der Waals surface area contributed by atoms with Crippen molar-refractivity contribution in [3.05, 3.63) is 11.8 Å². The summed E-state index contributed by atoms with van der Waals surface area (Å²) in [4.78, 5) is 5.64. The van der Waals surface area contributed by atoms with Crippen molar-refractivity contribution >= 4 is 6.21 Å². The van der Waals surface area contributed by atoms with E-state index in [1.807, 2.05) is 19.0 Å². The van der Waals surface area contributed by atoms with E-state index in [1.165, 1.54) is 0 Å². The van der Waals surface area contributed by atoms with E-state index in [0.29, 0.717) is 0 Å². The maximum absolute atomic E-state index is 5.19. The smallest absolute Gasteiger partial charge is 0.0886 e. The minimum atomic E-state index is 0.825. The van der Waals surface area contributed by atoms with E-state index >= 15 is 0 Å². The van der Waals surface area contributed by atoms with Crippen molar-refractivity contribution in [2.45, 2.75) is 0 Å². The molecule has 0 saturated heterocycles. The van der Waals surface area contributed by atoms with Crippen molar-refractivity contribution in [2.24, 2.45) is 4.99 Å². The minimum absolute atomic E-state index is 0.825. The second-order valence-corrected chi connectivity index (χ2v) is 2.00. The van der Waals surface area contributed by atoms with Gasteiger partial charge < -0.3 is 4.90 Å². The summed E-state index contributed by atoms with van der Waals surface area (Å²) in [6.45, 7) is 0. The molecule has 0 amide bonds. The summed E-state index contributed by atoms with van der Waals surface area (Å²) in [6, 6.07) is 0. The highest BCUT2D eigenvalue weighted by Crippen LogP contribution is 1.92. The molecule has 0 spiro atoms. The molecule has 0 bridgehead atoms. The molecule has 0 aliphatic carbocycles. The molecule has 0 fully saturated rings. The second kappa shape index (κ2) is 4.63. The molecule has 0 aliphatic heterocycles. The van der Waals surface area contributed by atoms with Crippen LogP contribution in [0.5, 0.6) is 0 Å². The van der Waals surface area contributed by atoms with Crippen LogP contribution >= 0.6 is 0 Å². The molecule has 10 heavy (non-hydrogen) atoms. The predicted molar refractivity (Wildman–Crippen MR) is 45.0 cm³/mol. The molecule has 0 rings (SSSR count). The molecule has 2 nitrogen and oxygen atoms in total. The fourth-order valence-electron chi connectivity index (χ4n) is 0.471. The van der Waals surface area contributed by atoms with Gasteiger partial charge in [-0.2, -0.15) is 0 Å². The Labute approximate surface area is 62.3 Å². The Morgan fingerprint density at radius 3 is 2.50 bits per heavy atom. The van der Waals surface area contributed by atoms with Crippen LogP contribution in [0.4, 0.5) is 0 Å². The molecule has 0 aromatic rings. The number of hydrogen-bond donors (Lipinski definition) is 0. The molecule has 54 valence electrons. The molecule has 0 saturated carbocycles. The zero-order valence-electron chi connectivity index (χ0n) is 6.63. The van der Waals surface area contributed by atoms with Crippen LogP contribution in [-0.4, -0.2) is 32.3 Å². The normalized spacial score (nSPS) is 11.6. The lowest BCUT2D eigenvalue weighted by molar-refractivity contribution is 0.536. The van der Waals surface area contributed by atoms with Gasteiger partial charge in [0.05, 0.1) is 5.70 Å². The van der Waals surface area contributed by atoms with Crippen molar-refractivity contribution < 1.29 is 0 Å². The van der Waals surface area contributed by atoms with Crippen LogP contribution in [-0.2, 0) is 0 Å². The van der Waals surface area contributed by atoms with Gasteiger partial charge in [-0.1, -0.05) is 5.92 Å². The Bertz CT molecular complexity index is 182. The van der Waals surface area contributed by atoms with Crippen LogP contribution in [0.15, 0.2) is 16.8 Å². The van der Waals surface area contributed by atoms with Gasteiger partial charge in [0.1, 0.15) is 0 Å². The molecular weight excluding hydrogens is 124 g/mol. The molecule has 0 aliphatic rings. The summed E-state index contributed by atoms with van der Waals surface area (Å²) in [5.41, 5.74) is 0.825. The van der Waals surface area contributed by atoms with Gasteiger partial charge >= 0.3 is 0 Å². The summed E-state index contributed by atoms with van der Waals surface area (Å²) < 4.78 is 0. The Hall–Kier alpha value is -1.23. The topological polar surface area (TPSA) is 15.6 Å². The van der Waals surface area contributed by atoms with Gasteiger partial charge in [-0.15, -0.1) is 6.42 Å². The maximum atomic E-state index is 5.19. The monoisotopic (exact) mass is 136 g/mol. The van der Waals surface area contributed by atoms with Gasteiger partial charge in [0.25, 0.3) is 0 Å². The van der Waals surface area contributed by atoms with E-state index < -0.39 is 0 Å². The zero-order chi connectivity index (χ0) is 7.98. The third-order valence-corrected chi connectivity index (χ3v) is 1.01. The fraction of sp³-hybridized carbons (Fsp3) is 0.375. The van der Waals surface area contributed by atoms with Crippen molar-refractivity contribution in [3.63, 3.8) is 0 Å². The number of terminal acetylenes is 1. The lowest BCUT2D eigenvalue weighted by Crippen LogP contribution is -2.09. The lowest BCUT2D eigenvalue weighted by Gasteiger charge is -2.09. The van der Waals surface area contributed by atoms with Crippen molar-refractivity contribution in [3.8, 4) is 12.3 Å². The van der Waals surface area contributed by atoms with Crippen molar-refractivity contribution in [2.75, 3.05) is 21.1 Å². The molecule has 0 heterocycles. The van der Waals surface area contributed by atoms with Crippen LogP contribution < -0.4 is 0 Å². The van der Waals surface area contributed by atoms with Crippen LogP contribution in [0, 0.1) is 12.3 Å². The third kappa shape index (κ3) is 2.93. The lowest BCUT2D eigenvalue weighted by atomic mass is 10.4.